The van der Waals surface area contributed by atoms with Crippen molar-refractivity contribution in [3.05, 3.63) is 11.6 Å². The van der Waals surface area contributed by atoms with Gasteiger partial charge in [-0.3, -0.25) is 14.9 Å². The molecule has 1 saturated heterocycles. The first kappa shape index (κ1) is 37.4. The monoisotopic (exact) mass is 696 g/mol. The Morgan fingerprint density at radius 3 is 2.44 bits per heavy atom. The van der Waals surface area contributed by atoms with Crippen LogP contribution in [0.25, 0.3) is 0 Å². The lowest BCUT2D eigenvalue weighted by Crippen LogP contribution is -2.69. The van der Waals surface area contributed by atoms with E-state index in [9.17, 15) is 14.7 Å². The molecule has 4 fully saturated rings. The predicted octanol–water partition coefficient (Wildman–Crippen LogP) is 6.52. The third-order valence-corrected chi connectivity index (χ3v) is 16.1. The summed E-state index contributed by atoms with van der Waals surface area (Å²) >= 11 is 0. The number of aliphatic carboxylic acids is 1. The Bertz CT molecular complexity index is 1520. The number of carbonyl (C=O) groups excluding carboxylic acids is 1. The maximum absolute atomic E-state index is 13.5. The smallest absolute Gasteiger partial charge is 0.307 e. The second-order valence-electron chi connectivity index (χ2n) is 19.1. The van der Waals surface area contributed by atoms with Crippen LogP contribution in [0, 0.1) is 62.6 Å². The van der Waals surface area contributed by atoms with Crippen LogP contribution >= 0.6 is 0 Å². The molecular formula is C39H64N6O5. The molecule has 0 spiro atoms. The van der Waals surface area contributed by atoms with Crippen molar-refractivity contribution in [3.8, 4) is 0 Å². The van der Waals surface area contributed by atoms with E-state index in [0.29, 0.717) is 38.1 Å². The highest BCUT2D eigenvalue weighted by molar-refractivity contribution is 5.86. The highest BCUT2D eigenvalue weighted by atomic mass is 16.5. The van der Waals surface area contributed by atoms with Gasteiger partial charge in [-0.1, -0.05) is 79.1 Å². The van der Waals surface area contributed by atoms with Gasteiger partial charge in [-0.2, -0.15) is 0 Å². The van der Waals surface area contributed by atoms with E-state index in [0.717, 1.165) is 32.1 Å². The Balaban J connectivity index is 1.47. The molecule has 1 amide bonds. The fourth-order valence-electron chi connectivity index (χ4n) is 12.2. The van der Waals surface area contributed by atoms with Crippen LogP contribution in [0.4, 0.5) is 5.95 Å². The molecule has 2 bridgehead atoms. The summed E-state index contributed by atoms with van der Waals surface area (Å²) in [7, 11) is 0. The van der Waals surface area contributed by atoms with E-state index in [1.165, 1.54) is 12.5 Å². The Labute approximate surface area is 299 Å². The molecule has 11 nitrogen and oxygen atoms in total. The number of rotatable bonds is 9. The van der Waals surface area contributed by atoms with Crippen LogP contribution in [0.3, 0.4) is 0 Å². The van der Waals surface area contributed by atoms with Crippen molar-refractivity contribution in [1.82, 2.24) is 20.2 Å². The van der Waals surface area contributed by atoms with Crippen LogP contribution in [0.1, 0.15) is 121 Å². The van der Waals surface area contributed by atoms with Gasteiger partial charge in [0.05, 0.1) is 37.9 Å². The van der Waals surface area contributed by atoms with Gasteiger partial charge in [0.2, 0.25) is 11.9 Å². The van der Waals surface area contributed by atoms with Gasteiger partial charge in [0, 0.05) is 23.3 Å². The number of tetrazole rings is 1. The van der Waals surface area contributed by atoms with Gasteiger partial charge in [-0.05, 0) is 102 Å². The first-order valence-electron chi connectivity index (χ1n) is 19.2. The Morgan fingerprint density at radius 1 is 1.12 bits per heavy atom. The largest absolute Gasteiger partial charge is 0.481 e. The molecule has 1 aromatic heterocycles. The van der Waals surface area contributed by atoms with Gasteiger partial charge in [0.25, 0.3) is 0 Å². The predicted molar refractivity (Wildman–Crippen MR) is 192 cm³/mol. The van der Waals surface area contributed by atoms with Gasteiger partial charge in [-0.15, -0.1) is 0 Å². The summed E-state index contributed by atoms with van der Waals surface area (Å²) in [6, 6.07) is -0.283. The van der Waals surface area contributed by atoms with Gasteiger partial charge < -0.3 is 20.3 Å². The number of hydrogen-bond acceptors (Lipinski definition) is 8. The average molecular weight is 697 g/mol. The molecule has 12 atom stereocenters. The normalized spacial score (nSPS) is 42.8. The zero-order valence-electron chi connectivity index (χ0n) is 32.5. The van der Waals surface area contributed by atoms with Crippen LogP contribution < -0.4 is 11.1 Å². The van der Waals surface area contributed by atoms with Crippen molar-refractivity contribution in [1.29, 1.82) is 0 Å². The number of amides is 1. The Hall–Kier alpha value is -2.37. The third kappa shape index (κ3) is 5.25. The fourth-order valence-corrected chi connectivity index (χ4v) is 12.2. The maximum Gasteiger partial charge on any atom is 0.307 e. The molecule has 4 aliphatic carbocycles. The van der Waals surface area contributed by atoms with Crippen molar-refractivity contribution in [2.24, 2.45) is 68.3 Å². The zero-order chi connectivity index (χ0) is 36.8. The van der Waals surface area contributed by atoms with Crippen molar-refractivity contribution >= 4 is 17.8 Å². The summed E-state index contributed by atoms with van der Waals surface area (Å²) in [5.41, 5.74) is 6.10. The molecule has 1 unspecified atom stereocenters. The number of fused-ring (bicyclic) bond motifs is 3. The molecule has 1 aromatic rings. The number of ether oxygens (including phenoxy) is 2. The topological polar surface area (TPSA) is 154 Å². The summed E-state index contributed by atoms with van der Waals surface area (Å²) in [6.07, 6.45) is 7.49. The van der Waals surface area contributed by atoms with E-state index >= 15 is 0 Å². The van der Waals surface area contributed by atoms with E-state index in [-0.39, 0.29) is 63.4 Å². The lowest BCUT2D eigenvalue weighted by molar-refractivity contribution is -0.252. The van der Waals surface area contributed by atoms with Crippen molar-refractivity contribution in [2.45, 2.75) is 132 Å². The molecule has 0 aromatic carbocycles. The van der Waals surface area contributed by atoms with E-state index < -0.39 is 22.8 Å². The van der Waals surface area contributed by atoms with E-state index in [4.69, 9.17) is 15.2 Å². The summed E-state index contributed by atoms with van der Waals surface area (Å²) in [6.45, 7) is 25.2. The zero-order valence-corrected chi connectivity index (χ0v) is 32.5. The quantitative estimate of drug-likeness (QED) is 0.245. The number of nitrogens with two attached hydrogens (primary N) is 1. The van der Waals surface area contributed by atoms with Crippen molar-refractivity contribution in [2.75, 3.05) is 25.1 Å². The number of nitrogens with zero attached hydrogens (tertiary/aromatic N) is 4. The number of anilines is 1. The lowest BCUT2D eigenvalue weighted by atomic mass is 9.34. The van der Waals surface area contributed by atoms with E-state index in [1.807, 2.05) is 6.92 Å². The van der Waals surface area contributed by atoms with Gasteiger partial charge in [0.1, 0.15) is 0 Å². The van der Waals surface area contributed by atoms with Gasteiger partial charge in [0.15, 0.2) is 0 Å². The van der Waals surface area contributed by atoms with Crippen LogP contribution in [0.5, 0.6) is 0 Å². The fraction of sp³-hybridized carbons (Fsp3) is 0.872. The molecule has 4 N–H and O–H groups in total. The van der Waals surface area contributed by atoms with Crippen molar-refractivity contribution < 1.29 is 24.2 Å². The van der Waals surface area contributed by atoms with Crippen LogP contribution in [-0.2, 0) is 19.1 Å². The van der Waals surface area contributed by atoms with E-state index in [1.54, 1.807) is 4.68 Å². The molecular weight excluding hydrogens is 632 g/mol. The number of hydrogen-bond donors (Lipinski definition) is 3. The molecule has 280 valence electrons. The first-order chi connectivity index (χ1) is 23.2. The van der Waals surface area contributed by atoms with Crippen molar-refractivity contribution in [3.63, 3.8) is 0 Å². The SMILES string of the molecule is CC(=O)Nc1nnnn1[C@@H]1C[C@@]23COCC(C)([C@H]1OC[C@](C)(N)C(C)C)[C@@H]2CC[C@H]1C3=CC[C@@]2(C)[C@H](C(=O)O)[C@@](C)([C@H](C)C(C)C)CC[C@]12C. The standard InChI is InChI=1S/C39H64N6O5/c1-22(2)24(5)34(7)16-17-36(9)26-12-13-29-35(8)19-49-21-39(29,27(26)14-15-37(36,10)30(34)32(47)48)18-28(31(35)50-20-38(11,40)23(3)4)45-33(41-25(6)46)42-43-44-45/h14,22-24,26,28-31H,12-13,15-21,40H2,1-11H3,(H,47,48)(H,41,42,44,46)/t24-,26+,28-,29+,30-,31+,34-,35?,36-,37+,38+,39+/m1/s1. The van der Waals surface area contributed by atoms with Gasteiger partial charge in [-0.25, -0.2) is 4.68 Å². The summed E-state index contributed by atoms with van der Waals surface area (Å²) in [5, 5.41) is 26.7. The highest BCUT2D eigenvalue weighted by Gasteiger charge is 2.72. The summed E-state index contributed by atoms with van der Waals surface area (Å²) in [5.74, 6) is 0.387. The second-order valence-corrected chi connectivity index (χ2v) is 19.1. The number of nitrogens with one attached hydrogen (secondary N) is 1. The number of allylic oxidation sites excluding steroid dienone is 1. The number of carbonyl (C=O) groups is 2. The molecule has 50 heavy (non-hydrogen) atoms. The number of carboxylic acids is 1. The minimum absolute atomic E-state index is 0.193. The lowest BCUT2D eigenvalue weighted by Gasteiger charge is -2.71. The average Bonchev–Trinajstić information content (AvgIpc) is 3.47. The van der Waals surface area contributed by atoms with Crippen LogP contribution in [-0.4, -0.2) is 68.7 Å². The van der Waals surface area contributed by atoms with Gasteiger partial charge >= 0.3 is 5.97 Å². The highest BCUT2D eigenvalue weighted by Crippen LogP contribution is 2.75. The molecule has 0 radical (unpaired) electrons. The van der Waals surface area contributed by atoms with Crippen LogP contribution in [0.15, 0.2) is 11.6 Å². The molecule has 5 aliphatic rings. The number of carboxylic acid groups (broad SMARTS) is 1. The molecule has 11 heteroatoms. The molecule has 3 saturated carbocycles. The first-order valence-corrected chi connectivity index (χ1v) is 19.2. The summed E-state index contributed by atoms with van der Waals surface area (Å²) < 4.78 is 15.4. The third-order valence-electron chi connectivity index (χ3n) is 16.1. The maximum atomic E-state index is 13.5. The van der Waals surface area contributed by atoms with Crippen LogP contribution in [0.2, 0.25) is 0 Å². The molecule has 6 rings (SSSR count). The Kier molecular flexibility index (Phi) is 9.24. The Morgan fingerprint density at radius 2 is 1.82 bits per heavy atom. The summed E-state index contributed by atoms with van der Waals surface area (Å²) in [4.78, 5) is 25.8. The number of aromatic nitrogens is 4. The molecule has 1 aliphatic heterocycles. The minimum atomic E-state index is -0.652. The molecule has 2 heterocycles. The minimum Gasteiger partial charge on any atom is -0.481 e. The second kappa shape index (κ2) is 12.4. The van der Waals surface area contributed by atoms with E-state index in [2.05, 4.69) is 89.2 Å².